The molecule has 2 aromatic heterocycles. The number of aryl methyl sites for hydroxylation is 3. The Kier molecular flexibility index (Phi) is 6.58. The molecule has 1 aromatic carbocycles. The molecule has 7 heteroatoms. The van der Waals surface area contributed by atoms with Gasteiger partial charge >= 0.3 is 0 Å². The van der Waals surface area contributed by atoms with E-state index in [4.69, 9.17) is 4.98 Å². The smallest absolute Gasteiger partial charge is 0.257 e. The maximum atomic E-state index is 13.3. The van der Waals surface area contributed by atoms with Gasteiger partial charge in [-0.3, -0.25) is 9.78 Å². The summed E-state index contributed by atoms with van der Waals surface area (Å²) in [6, 6.07) is 12.5. The van der Waals surface area contributed by atoms with E-state index in [0.29, 0.717) is 23.8 Å². The Morgan fingerprint density at radius 1 is 1.06 bits per heavy atom. The summed E-state index contributed by atoms with van der Waals surface area (Å²) in [5.74, 6) is 0.801. The lowest BCUT2D eigenvalue weighted by atomic mass is 9.93. The SMILES string of the molecule is Cc1ccc(Nc2cc(C)nc([C@@H]3CCCN(C(=O)c4cnc(N(C)C)nc4C)C3)c2)cc1. The van der Waals surface area contributed by atoms with E-state index in [1.54, 1.807) is 6.20 Å². The van der Waals surface area contributed by atoms with E-state index in [-0.39, 0.29) is 11.8 Å². The third-order valence-corrected chi connectivity index (χ3v) is 6.04. The average molecular weight is 445 g/mol. The largest absolute Gasteiger partial charge is 0.355 e. The first-order valence-electron chi connectivity index (χ1n) is 11.4. The summed E-state index contributed by atoms with van der Waals surface area (Å²) in [4.78, 5) is 30.7. The zero-order chi connectivity index (χ0) is 23.5. The number of carbonyl (C=O) groups is 1. The summed E-state index contributed by atoms with van der Waals surface area (Å²) in [5, 5.41) is 3.49. The van der Waals surface area contributed by atoms with E-state index in [1.165, 1.54) is 5.56 Å². The van der Waals surface area contributed by atoms with Gasteiger partial charge in [0.15, 0.2) is 0 Å². The van der Waals surface area contributed by atoms with Crippen LogP contribution in [0.25, 0.3) is 0 Å². The molecule has 1 aliphatic heterocycles. The molecule has 0 saturated carbocycles. The third kappa shape index (κ3) is 5.30. The number of piperidine rings is 1. The molecule has 0 unspecified atom stereocenters. The van der Waals surface area contributed by atoms with Crippen LogP contribution in [0, 0.1) is 20.8 Å². The maximum absolute atomic E-state index is 13.3. The second-order valence-corrected chi connectivity index (χ2v) is 9.07. The van der Waals surface area contributed by atoms with Crippen molar-refractivity contribution < 1.29 is 4.79 Å². The first-order valence-corrected chi connectivity index (χ1v) is 11.4. The van der Waals surface area contributed by atoms with Crippen molar-refractivity contribution in [1.29, 1.82) is 0 Å². The Morgan fingerprint density at radius 3 is 2.52 bits per heavy atom. The van der Waals surface area contributed by atoms with Gasteiger partial charge in [-0.2, -0.15) is 0 Å². The molecule has 1 fully saturated rings. The second kappa shape index (κ2) is 9.57. The van der Waals surface area contributed by atoms with Crippen LogP contribution in [0.5, 0.6) is 0 Å². The van der Waals surface area contributed by atoms with Crippen molar-refractivity contribution >= 4 is 23.2 Å². The summed E-state index contributed by atoms with van der Waals surface area (Å²) in [6.45, 7) is 7.36. The van der Waals surface area contributed by atoms with Gasteiger partial charge < -0.3 is 15.1 Å². The van der Waals surface area contributed by atoms with Crippen LogP contribution in [0.15, 0.2) is 42.6 Å². The molecule has 1 saturated heterocycles. The number of pyridine rings is 1. The number of hydrogen-bond donors (Lipinski definition) is 1. The number of rotatable bonds is 5. The summed E-state index contributed by atoms with van der Waals surface area (Å²) in [6.07, 6.45) is 3.61. The fourth-order valence-electron chi connectivity index (χ4n) is 4.23. The van der Waals surface area contributed by atoms with Crippen molar-refractivity contribution in [2.75, 3.05) is 37.4 Å². The van der Waals surface area contributed by atoms with E-state index < -0.39 is 0 Å². The normalized spacial score (nSPS) is 15.9. The molecule has 33 heavy (non-hydrogen) atoms. The highest BCUT2D eigenvalue weighted by Gasteiger charge is 2.28. The number of aromatic nitrogens is 3. The maximum Gasteiger partial charge on any atom is 0.257 e. The van der Waals surface area contributed by atoms with Crippen LogP contribution in [0.2, 0.25) is 0 Å². The number of nitrogens with one attached hydrogen (secondary N) is 1. The third-order valence-electron chi connectivity index (χ3n) is 6.04. The van der Waals surface area contributed by atoms with Crippen molar-refractivity contribution in [3.8, 4) is 0 Å². The van der Waals surface area contributed by atoms with Gasteiger partial charge in [0.1, 0.15) is 0 Å². The summed E-state index contributed by atoms with van der Waals surface area (Å²) >= 11 is 0. The summed E-state index contributed by atoms with van der Waals surface area (Å²) < 4.78 is 0. The van der Waals surface area contributed by atoms with E-state index in [9.17, 15) is 4.79 Å². The van der Waals surface area contributed by atoms with Crippen LogP contribution >= 0.6 is 0 Å². The monoisotopic (exact) mass is 444 g/mol. The first kappa shape index (κ1) is 22.7. The van der Waals surface area contributed by atoms with Crippen LogP contribution in [0.3, 0.4) is 0 Å². The quantitative estimate of drug-likeness (QED) is 0.619. The van der Waals surface area contributed by atoms with Gasteiger partial charge in [0.05, 0.1) is 11.3 Å². The van der Waals surface area contributed by atoms with Crippen LogP contribution < -0.4 is 10.2 Å². The second-order valence-electron chi connectivity index (χ2n) is 9.07. The van der Waals surface area contributed by atoms with Crippen molar-refractivity contribution in [2.24, 2.45) is 0 Å². The molecule has 3 heterocycles. The molecule has 1 N–H and O–H groups in total. The molecule has 1 aliphatic rings. The Morgan fingerprint density at radius 2 is 1.82 bits per heavy atom. The number of likely N-dealkylation sites (tertiary alicyclic amines) is 1. The van der Waals surface area contributed by atoms with Crippen molar-refractivity contribution in [1.82, 2.24) is 19.9 Å². The van der Waals surface area contributed by atoms with Gasteiger partial charge in [0, 0.05) is 62.1 Å². The van der Waals surface area contributed by atoms with Crippen molar-refractivity contribution in [2.45, 2.75) is 39.5 Å². The molecular weight excluding hydrogens is 412 g/mol. The van der Waals surface area contributed by atoms with Gasteiger partial charge in [-0.15, -0.1) is 0 Å². The molecule has 1 amide bonds. The topological polar surface area (TPSA) is 74.2 Å². The molecule has 4 rings (SSSR count). The molecule has 0 aliphatic carbocycles. The number of nitrogens with zero attached hydrogens (tertiary/aromatic N) is 5. The predicted octanol–water partition coefficient (Wildman–Crippen LogP) is 4.63. The van der Waals surface area contributed by atoms with E-state index >= 15 is 0 Å². The molecular formula is C26H32N6O. The highest BCUT2D eigenvalue weighted by atomic mass is 16.2. The lowest BCUT2D eigenvalue weighted by Crippen LogP contribution is -2.39. The van der Waals surface area contributed by atoms with Crippen LogP contribution in [-0.4, -0.2) is 52.9 Å². The Balaban J connectivity index is 1.52. The average Bonchev–Trinajstić information content (AvgIpc) is 2.80. The molecule has 0 spiro atoms. The lowest BCUT2D eigenvalue weighted by molar-refractivity contribution is 0.0704. The standard InChI is InChI=1S/C26H32N6O/c1-17-8-10-21(11-9-17)30-22-13-18(2)28-24(14-22)20-7-6-12-32(16-20)25(33)23-15-27-26(31(4)5)29-19(23)3/h8-11,13-15,20H,6-7,12,16H2,1-5H3,(H,28,30)/t20-/m1/s1. The van der Waals surface area contributed by atoms with Crippen molar-refractivity contribution in [3.05, 3.63) is 70.8 Å². The minimum Gasteiger partial charge on any atom is -0.355 e. The number of carbonyl (C=O) groups excluding carboxylic acids is 1. The Bertz CT molecular complexity index is 1140. The van der Waals surface area contributed by atoms with E-state index in [2.05, 4.69) is 58.6 Å². The predicted molar refractivity (Wildman–Crippen MR) is 132 cm³/mol. The molecule has 172 valence electrons. The fraction of sp³-hybridized carbons (Fsp3) is 0.385. The van der Waals surface area contributed by atoms with Crippen LogP contribution in [0.4, 0.5) is 17.3 Å². The summed E-state index contributed by atoms with van der Waals surface area (Å²) in [5.41, 5.74) is 6.57. The van der Waals surface area contributed by atoms with Gasteiger partial charge in [-0.1, -0.05) is 17.7 Å². The lowest BCUT2D eigenvalue weighted by Gasteiger charge is -2.33. The molecule has 0 radical (unpaired) electrons. The number of amides is 1. The summed E-state index contributed by atoms with van der Waals surface area (Å²) in [7, 11) is 3.78. The van der Waals surface area contributed by atoms with Gasteiger partial charge in [0.2, 0.25) is 5.95 Å². The fourth-order valence-corrected chi connectivity index (χ4v) is 4.23. The van der Waals surface area contributed by atoms with Gasteiger partial charge in [0.25, 0.3) is 5.91 Å². The first-order chi connectivity index (χ1) is 15.8. The zero-order valence-electron chi connectivity index (χ0n) is 20.1. The van der Waals surface area contributed by atoms with Gasteiger partial charge in [-0.25, -0.2) is 9.97 Å². The van der Waals surface area contributed by atoms with E-state index in [1.807, 2.05) is 37.7 Å². The molecule has 3 aromatic rings. The highest BCUT2D eigenvalue weighted by molar-refractivity contribution is 5.95. The molecule has 7 nitrogen and oxygen atoms in total. The zero-order valence-corrected chi connectivity index (χ0v) is 20.1. The van der Waals surface area contributed by atoms with Gasteiger partial charge in [-0.05, 0) is 57.9 Å². The number of hydrogen-bond acceptors (Lipinski definition) is 6. The Labute approximate surface area is 195 Å². The van der Waals surface area contributed by atoms with E-state index in [0.717, 1.165) is 42.1 Å². The Hall–Kier alpha value is -3.48. The minimum atomic E-state index is -0.00633. The molecule has 1 atom stereocenters. The minimum absolute atomic E-state index is 0.00633. The van der Waals surface area contributed by atoms with Crippen LogP contribution in [-0.2, 0) is 0 Å². The number of anilines is 3. The van der Waals surface area contributed by atoms with Crippen molar-refractivity contribution in [3.63, 3.8) is 0 Å². The van der Waals surface area contributed by atoms with Crippen LogP contribution in [0.1, 0.15) is 51.8 Å². The highest BCUT2D eigenvalue weighted by Crippen LogP contribution is 2.30. The molecule has 0 bridgehead atoms. The number of benzene rings is 1.